The molecule has 0 bridgehead atoms. The highest BCUT2D eigenvalue weighted by Crippen LogP contribution is 2.40. The number of aryl methyl sites for hydroxylation is 1. The zero-order valence-corrected chi connectivity index (χ0v) is 9.77. The Balaban J connectivity index is 2.17. The SMILES string of the molecule is CC(N)c1ccc2c(c1)nc(C1CC1)n2C. The third kappa shape index (κ3) is 1.43. The van der Waals surface area contributed by atoms with Gasteiger partial charge in [0.05, 0.1) is 11.0 Å². The molecule has 1 aromatic heterocycles. The summed E-state index contributed by atoms with van der Waals surface area (Å²) < 4.78 is 2.22. The standard InChI is InChI=1S/C13H17N3/c1-8(14)10-5-6-12-11(7-10)15-13(16(12)2)9-3-4-9/h5-9H,3-4,14H2,1-2H3. The predicted molar refractivity (Wildman–Crippen MR) is 65.3 cm³/mol. The van der Waals surface area contributed by atoms with Crippen LogP contribution >= 0.6 is 0 Å². The molecule has 0 radical (unpaired) electrons. The number of benzene rings is 1. The van der Waals surface area contributed by atoms with Crippen molar-refractivity contribution >= 4 is 11.0 Å². The summed E-state index contributed by atoms with van der Waals surface area (Å²) in [6, 6.07) is 6.43. The molecule has 1 unspecified atom stereocenters. The number of hydrogen-bond donors (Lipinski definition) is 1. The molecule has 1 aromatic carbocycles. The van der Waals surface area contributed by atoms with E-state index in [1.54, 1.807) is 0 Å². The first kappa shape index (κ1) is 9.85. The van der Waals surface area contributed by atoms with E-state index in [0.29, 0.717) is 5.92 Å². The molecule has 1 atom stereocenters. The third-order valence-corrected chi connectivity index (χ3v) is 3.41. The van der Waals surface area contributed by atoms with Gasteiger partial charge in [-0.05, 0) is 37.5 Å². The van der Waals surface area contributed by atoms with Crippen molar-refractivity contribution < 1.29 is 0 Å². The Bertz CT molecular complexity index is 535. The predicted octanol–water partition coefficient (Wildman–Crippen LogP) is 2.47. The van der Waals surface area contributed by atoms with Crippen molar-refractivity contribution in [3.8, 4) is 0 Å². The van der Waals surface area contributed by atoms with Crippen LogP contribution in [0.4, 0.5) is 0 Å². The van der Waals surface area contributed by atoms with Gasteiger partial charge in [0, 0.05) is 19.0 Å². The number of fused-ring (bicyclic) bond motifs is 1. The second kappa shape index (κ2) is 3.32. The summed E-state index contributed by atoms with van der Waals surface area (Å²) in [4.78, 5) is 4.72. The van der Waals surface area contributed by atoms with Gasteiger partial charge in [-0.3, -0.25) is 0 Å². The normalized spacial score (nSPS) is 17.9. The Morgan fingerprint density at radius 3 is 2.81 bits per heavy atom. The van der Waals surface area contributed by atoms with Gasteiger partial charge in [-0.25, -0.2) is 4.98 Å². The molecule has 0 spiro atoms. The molecule has 84 valence electrons. The summed E-state index contributed by atoms with van der Waals surface area (Å²) in [6.07, 6.45) is 2.58. The number of hydrogen-bond acceptors (Lipinski definition) is 2. The Kier molecular flexibility index (Phi) is 2.04. The molecule has 2 N–H and O–H groups in total. The van der Waals surface area contributed by atoms with Crippen LogP contribution in [0.25, 0.3) is 11.0 Å². The van der Waals surface area contributed by atoms with Crippen LogP contribution in [-0.4, -0.2) is 9.55 Å². The molecule has 16 heavy (non-hydrogen) atoms. The highest BCUT2D eigenvalue weighted by Gasteiger charge is 2.28. The van der Waals surface area contributed by atoms with Crippen molar-refractivity contribution in [3.63, 3.8) is 0 Å². The van der Waals surface area contributed by atoms with Crippen molar-refractivity contribution in [2.24, 2.45) is 12.8 Å². The minimum Gasteiger partial charge on any atom is -0.331 e. The minimum atomic E-state index is 0.0794. The van der Waals surface area contributed by atoms with Gasteiger partial charge in [-0.15, -0.1) is 0 Å². The lowest BCUT2D eigenvalue weighted by atomic mass is 10.1. The first-order chi connectivity index (χ1) is 7.66. The number of aromatic nitrogens is 2. The molecule has 0 amide bonds. The Morgan fingerprint density at radius 2 is 2.19 bits per heavy atom. The van der Waals surface area contributed by atoms with Crippen LogP contribution < -0.4 is 5.73 Å². The Morgan fingerprint density at radius 1 is 1.44 bits per heavy atom. The van der Waals surface area contributed by atoms with Crippen LogP contribution in [0.15, 0.2) is 18.2 Å². The van der Waals surface area contributed by atoms with Gasteiger partial charge in [-0.2, -0.15) is 0 Å². The summed E-state index contributed by atoms with van der Waals surface area (Å²) in [5.74, 6) is 1.92. The molecule has 1 aliphatic rings. The molecule has 0 aliphatic heterocycles. The number of nitrogens with zero attached hydrogens (tertiary/aromatic N) is 2. The summed E-state index contributed by atoms with van der Waals surface area (Å²) in [6.45, 7) is 2.01. The summed E-state index contributed by atoms with van der Waals surface area (Å²) in [5.41, 5.74) is 9.34. The quantitative estimate of drug-likeness (QED) is 0.836. The van der Waals surface area contributed by atoms with Crippen LogP contribution in [0.1, 0.15) is 43.1 Å². The molecular weight excluding hydrogens is 198 g/mol. The van der Waals surface area contributed by atoms with E-state index in [-0.39, 0.29) is 6.04 Å². The summed E-state index contributed by atoms with van der Waals surface area (Å²) >= 11 is 0. The average molecular weight is 215 g/mol. The number of nitrogens with two attached hydrogens (primary N) is 1. The van der Waals surface area contributed by atoms with Crippen LogP contribution in [0.5, 0.6) is 0 Å². The molecule has 0 saturated heterocycles. The largest absolute Gasteiger partial charge is 0.331 e. The van der Waals surface area contributed by atoms with E-state index >= 15 is 0 Å². The first-order valence-corrected chi connectivity index (χ1v) is 5.88. The monoisotopic (exact) mass is 215 g/mol. The molecule has 1 aliphatic carbocycles. The Labute approximate surface area is 95.3 Å². The van der Waals surface area contributed by atoms with Crippen LogP contribution in [0, 0.1) is 0 Å². The zero-order chi connectivity index (χ0) is 11.3. The Hall–Kier alpha value is -1.35. The molecule has 1 heterocycles. The highest BCUT2D eigenvalue weighted by atomic mass is 15.1. The molecular formula is C13H17N3. The highest BCUT2D eigenvalue weighted by molar-refractivity contribution is 5.77. The lowest BCUT2D eigenvalue weighted by molar-refractivity contribution is 0.818. The second-order valence-electron chi connectivity index (χ2n) is 4.84. The molecule has 2 aromatic rings. The van der Waals surface area contributed by atoms with E-state index in [2.05, 4.69) is 29.8 Å². The van der Waals surface area contributed by atoms with E-state index in [0.717, 1.165) is 11.1 Å². The van der Waals surface area contributed by atoms with Crippen molar-refractivity contribution in [2.45, 2.75) is 31.7 Å². The zero-order valence-electron chi connectivity index (χ0n) is 9.77. The molecule has 1 saturated carbocycles. The van der Waals surface area contributed by atoms with Crippen molar-refractivity contribution in [3.05, 3.63) is 29.6 Å². The number of rotatable bonds is 2. The van der Waals surface area contributed by atoms with Gasteiger partial charge in [-0.1, -0.05) is 6.07 Å². The minimum absolute atomic E-state index is 0.0794. The fraction of sp³-hybridized carbons (Fsp3) is 0.462. The van der Waals surface area contributed by atoms with Gasteiger partial charge in [0.1, 0.15) is 5.82 Å². The fourth-order valence-electron chi connectivity index (χ4n) is 2.23. The van der Waals surface area contributed by atoms with E-state index in [4.69, 9.17) is 10.7 Å². The van der Waals surface area contributed by atoms with E-state index in [1.165, 1.54) is 24.2 Å². The van der Waals surface area contributed by atoms with Gasteiger partial charge < -0.3 is 10.3 Å². The van der Waals surface area contributed by atoms with Crippen molar-refractivity contribution in [1.82, 2.24) is 9.55 Å². The maximum absolute atomic E-state index is 5.89. The van der Waals surface area contributed by atoms with E-state index in [9.17, 15) is 0 Å². The van der Waals surface area contributed by atoms with Crippen LogP contribution in [0.3, 0.4) is 0 Å². The molecule has 3 rings (SSSR count). The van der Waals surface area contributed by atoms with Gasteiger partial charge in [0.2, 0.25) is 0 Å². The summed E-state index contributed by atoms with van der Waals surface area (Å²) in [5, 5.41) is 0. The van der Waals surface area contributed by atoms with Gasteiger partial charge in [0.15, 0.2) is 0 Å². The topological polar surface area (TPSA) is 43.8 Å². The van der Waals surface area contributed by atoms with Gasteiger partial charge >= 0.3 is 0 Å². The maximum atomic E-state index is 5.89. The lowest BCUT2D eigenvalue weighted by Crippen LogP contribution is -2.04. The number of imidazole rings is 1. The van der Waals surface area contributed by atoms with Crippen molar-refractivity contribution in [2.75, 3.05) is 0 Å². The van der Waals surface area contributed by atoms with Gasteiger partial charge in [0.25, 0.3) is 0 Å². The smallest absolute Gasteiger partial charge is 0.112 e. The lowest BCUT2D eigenvalue weighted by Gasteiger charge is -2.04. The van der Waals surface area contributed by atoms with Crippen LogP contribution in [0.2, 0.25) is 0 Å². The average Bonchev–Trinajstić information content (AvgIpc) is 3.04. The van der Waals surface area contributed by atoms with Crippen LogP contribution in [-0.2, 0) is 7.05 Å². The summed E-state index contributed by atoms with van der Waals surface area (Å²) in [7, 11) is 2.11. The molecule has 3 nitrogen and oxygen atoms in total. The van der Waals surface area contributed by atoms with Crippen molar-refractivity contribution in [1.29, 1.82) is 0 Å². The third-order valence-electron chi connectivity index (χ3n) is 3.41. The molecule has 1 fully saturated rings. The molecule has 3 heteroatoms. The van der Waals surface area contributed by atoms with E-state index in [1.807, 2.05) is 6.92 Å². The van der Waals surface area contributed by atoms with E-state index < -0.39 is 0 Å². The maximum Gasteiger partial charge on any atom is 0.112 e. The first-order valence-electron chi connectivity index (χ1n) is 5.88. The fourth-order valence-corrected chi connectivity index (χ4v) is 2.23. The second-order valence-corrected chi connectivity index (χ2v) is 4.84.